The van der Waals surface area contributed by atoms with Gasteiger partial charge in [-0.2, -0.15) is 0 Å². The van der Waals surface area contributed by atoms with E-state index in [1.54, 1.807) is 0 Å². The van der Waals surface area contributed by atoms with Gasteiger partial charge in [-0.1, -0.05) is 60.7 Å². The van der Waals surface area contributed by atoms with Gasteiger partial charge in [0.1, 0.15) is 0 Å². The van der Waals surface area contributed by atoms with E-state index in [0.717, 1.165) is 6.54 Å². The van der Waals surface area contributed by atoms with Crippen LogP contribution in [0.4, 0.5) is 0 Å². The molecule has 2 aromatic rings. The van der Waals surface area contributed by atoms with Crippen molar-refractivity contribution < 1.29 is 0 Å². The highest BCUT2D eigenvalue weighted by Gasteiger charge is 2.08. The molecule has 1 atom stereocenters. The maximum absolute atomic E-state index is 5.58. The number of rotatable bonds is 6. The lowest BCUT2D eigenvalue weighted by Crippen LogP contribution is -2.37. The molecule has 1 unspecified atom stereocenters. The molecule has 0 saturated carbocycles. The van der Waals surface area contributed by atoms with Crippen molar-refractivity contribution in [2.75, 3.05) is 6.67 Å². The molecule has 18 heavy (non-hydrogen) atoms. The number of benzene rings is 2. The maximum atomic E-state index is 5.58. The van der Waals surface area contributed by atoms with Crippen molar-refractivity contribution in [3.05, 3.63) is 71.8 Å². The van der Waals surface area contributed by atoms with Gasteiger partial charge in [0.2, 0.25) is 0 Å². The van der Waals surface area contributed by atoms with Crippen LogP contribution in [0.15, 0.2) is 60.7 Å². The normalized spacial score (nSPS) is 12.3. The van der Waals surface area contributed by atoms with Crippen LogP contribution in [-0.2, 0) is 6.54 Å². The Bertz CT molecular complexity index is 442. The molecule has 0 amide bonds. The van der Waals surface area contributed by atoms with Crippen LogP contribution >= 0.6 is 0 Å². The van der Waals surface area contributed by atoms with Crippen LogP contribution in [0.5, 0.6) is 0 Å². The Morgan fingerprint density at radius 2 is 1.44 bits per heavy atom. The molecule has 0 bridgehead atoms. The van der Waals surface area contributed by atoms with Crippen molar-refractivity contribution in [3.8, 4) is 0 Å². The Kier molecular flexibility index (Phi) is 4.90. The van der Waals surface area contributed by atoms with Crippen molar-refractivity contribution in [2.24, 2.45) is 5.73 Å². The number of nitrogens with two attached hydrogens (primary N) is 1. The fraction of sp³-hybridized carbons (Fsp3) is 0.200. The monoisotopic (exact) mass is 241 g/mol. The zero-order valence-corrected chi connectivity index (χ0v) is 10.3. The molecule has 0 spiro atoms. The summed E-state index contributed by atoms with van der Waals surface area (Å²) in [4.78, 5) is 0. The highest BCUT2D eigenvalue weighted by molar-refractivity contribution is 5.19. The summed E-state index contributed by atoms with van der Waals surface area (Å²) in [5.74, 6) is 0. The van der Waals surface area contributed by atoms with Crippen LogP contribution in [0.1, 0.15) is 17.3 Å². The quantitative estimate of drug-likeness (QED) is 0.678. The van der Waals surface area contributed by atoms with E-state index in [4.69, 9.17) is 5.73 Å². The van der Waals surface area contributed by atoms with Gasteiger partial charge in [0.25, 0.3) is 0 Å². The van der Waals surface area contributed by atoms with Crippen molar-refractivity contribution in [1.29, 1.82) is 0 Å². The summed E-state index contributed by atoms with van der Waals surface area (Å²) in [6, 6.07) is 20.6. The smallest absolute Gasteiger partial charge is 0.0847 e. The lowest BCUT2D eigenvalue weighted by molar-refractivity contribution is 0.444. The number of hydrogen-bond acceptors (Lipinski definition) is 3. The molecular weight excluding hydrogens is 222 g/mol. The summed E-state index contributed by atoms with van der Waals surface area (Å²) in [5, 5.41) is 6.70. The second kappa shape index (κ2) is 6.91. The highest BCUT2D eigenvalue weighted by atomic mass is 15.1. The molecule has 3 heteroatoms. The first-order valence-electron chi connectivity index (χ1n) is 6.16. The Hall–Kier alpha value is -1.68. The first-order valence-corrected chi connectivity index (χ1v) is 6.16. The SMILES string of the molecule is NCNC(NCc1ccccc1)c1ccccc1. The average molecular weight is 241 g/mol. The standard InChI is InChI=1S/C15H19N3/c16-12-18-15(14-9-5-2-6-10-14)17-11-13-7-3-1-4-8-13/h1-10,15,17-18H,11-12,16H2. The summed E-state index contributed by atoms with van der Waals surface area (Å²) in [5.41, 5.74) is 8.04. The van der Waals surface area contributed by atoms with Crippen LogP contribution in [0.2, 0.25) is 0 Å². The third-order valence-electron chi connectivity index (χ3n) is 2.81. The van der Waals surface area contributed by atoms with Crippen LogP contribution in [0.25, 0.3) is 0 Å². The zero-order chi connectivity index (χ0) is 12.6. The van der Waals surface area contributed by atoms with E-state index in [9.17, 15) is 0 Å². The number of nitrogens with one attached hydrogen (secondary N) is 2. The first-order chi connectivity index (χ1) is 8.90. The van der Waals surface area contributed by atoms with E-state index in [-0.39, 0.29) is 6.17 Å². The van der Waals surface area contributed by atoms with Gasteiger partial charge in [-0.15, -0.1) is 0 Å². The van der Waals surface area contributed by atoms with Crippen LogP contribution in [-0.4, -0.2) is 6.67 Å². The highest BCUT2D eigenvalue weighted by Crippen LogP contribution is 2.10. The molecule has 0 saturated heterocycles. The molecule has 0 aliphatic rings. The summed E-state index contributed by atoms with van der Waals surface area (Å²) >= 11 is 0. The van der Waals surface area contributed by atoms with E-state index in [1.165, 1.54) is 11.1 Å². The third-order valence-corrected chi connectivity index (χ3v) is 2.81. The second-order valence-corrected chi connectivity index (χ2v) is 4.12. The molecule has 0 fully saturated rings. The van der Waals surface area contributed by atoms with Crippen LogP contribution in [0.3, 0.4) is 0 Å². The predicted octanol–water partition coefficient (Wildman–Crippen LogP) is 1.98. The summed E-state index contributed by atoms with van der Waals surface area (Å²) < 4.78 is 0. The van der Waals surface area contributed by atoms with Gasteiger partial charge < -0.3 is 5.73 Å². The zero-order valence-electron chi connectivity index (χ0n) is 10.3. The Balaban J connectivity index is 1.99. The average Bonchev–Trinajstić information content (AvgIpc) is 2.45. The molecule has 0 radical (unpaired) electrons. The predicted molar refractivity (Wildman–Crippen MR) is 74.7 cm³/mol. The summed E-state index contributed by atoms with van der Waals surface area (Å²) in [6.45, 7) is 1.26. The largest absolute Gasteiger partial charge is 0.318 e. The third kappa shape index (κ3) is 3.67. The number of hydrogen-bond donors (Lipinski definition) is 3. The van der Waals surface area contributed by atoms with Gasteiger partial charge in [0.15, 0.2) is 0 Å². The van der Waals surface area contributed by atoms with Crippen molar-refractivity contribution in [3.63, 3.8) is 0 Å². The van der Waals surface area contributed by atoms with Gasteiger partial charge >= 0.3 is 0 Å². The van der Waals surface area contributed by atoms with E-state index in [1.807, 2.05) is 36.4 Å². The first kappa shape index (κ1) is 12.8. The fourth-order valence-corrected chi connectivity index (χ4v) is 1.89. The maximum Gasteiger partial charge on any atom is 0.0847 e. The molecule has 2 rings (SSSR count). The van der Waals surface area contributed by atoms with Gasteiger partial charge in [-0.25, -0.2) is 0 Å². The van der Waals surface area contributed by atoms with Crippen LogP contribution < -0.4 is 16.4 Å². The minimum Gasteiger partial charge on any atom is -0.318 e. The molecule has 4 N–H and O–H groups in total. The van der Waals surface area contributed by atoms with E-state index in [2.05, 4.69) is 34.9 Å². The van der Waals surface area contributed by atoms with E-state index in [0.29, 0.717) is 6.67 Å². The molecule has 94 valence electrons. The van der Waals surface area contributed by atoms with E-state index < -0.39 is 0 Å². The van der Waals surface area contributed by atoms with Gasteiger partial charge in [-0.3, -0.25) is 10.6 Å². The Morgan fingerprint density at radius 3 is 2.06 bits per heavy atom. The molecule has 0 aromatic heterocycles. The topological polar surface area (TPSA) is 50.1 Å². The minimum atomic E-state index is 0.0800. The molecule has 0 aliphatic heterocycles. The molecule has 0 aliphatic carbocycles. The molecule has 3 nitrogen and oxygen atoms in total. The van der Waals surface area contributed by atoms with E-state index >= 15 is 0 Å². The summed E-state index contributed by atoms with van der Waals surface area (Å²) in [7, 11) is 0. The lowest BCUT2D eigenvalue weighted by Gasteiger charge is -2.20. The van der Waals surface area contributed by atoms with Crippen molar-refractivity contribution >= 4 is 0 Å². The molecular formula is C15H19N3. The van der Waals surface area contributed by atoms with Crippen LogP contribution in [0, 0.1) is 0 Å². The Labute approximate surface area is 108 Å². The van der Waals surface area contributed by atoms with Crippen molar-refractivity contribution in [2.45, 2.75) is 12.7 Å². The second-order valence-electron chi connectivity index (χ2n) is 4.12. The summed E-state index contributed by atoms with van der Waals surface area (Å²) in [6.07, 6.45) is 0.0800. The fourth-order valence-electron chi connectivity index (χ4n) is 1.89. The van der Waals surface area contributed by atoms with Gasteiger partial charge in [-0.05, 0) is 11.1 Å². The lowest BCUT2D eigenvalue weighted by atomic mass is 10.1. The minimum absolute atomic E-state index is 0.0800. The molecule has 2 aromatic carbocycles. The van der Waals surface area contributed by atoms with Crippen molar-refractivity contribution in [1.82, 2.24) is 10.6 Å². The Morgan fingerprint density at radius 1 is 0.833 bits per heavy atom. The molecule has 0 heterocycles. The van der Waals surface area contributed by atoms with Gasteiger partial charge in [0.05, 0.1) is 6.17 Å². The van der Waals surface area contributed by atoms with Gasteiger partial charge in [0, 0.05) is 13.2 Å².